The lowest BCUT2D eigenvalue weighted by molar-refractivity contribution is -0.122. The van der Waals surface area contributed by atoms with Gasteiger partial charge in [0.15, 0.2) is 0 Å². The van der Waals surface area contributed by atoms with E-state index in [0.717, 1.165) is 21.9 Å². The Morgan fingerprint density at radius 3 is 1.94 bits per heavy atom. The van der Waals surface area contributed by atoms with E-state index in [2.05, 4.69) is 19.2 Å². The van der Waals surface area contributed by atoms with Crippen molar-refractivity contribution < 1.29 is 22.7 Å². The summed E-state index contributed by atoms with van der Waals surface area (Å²) in [7, 11) is -2.15. The van der Waals surface area contributed by atoms with Gasteiger partial charge in [-0.3, -0.25) is 9.10 Å². The zero-order chi connectivity index (χ0) is 26.3. The summed E-state index contributed by atoms with van der Waals surface area (Å²) in [5.74, 6) is 1.90. The number of amides is 1. The van der Waals surface area contributed by atoms with Gasteiger partial charge in [0.25, 0.3) is 0 Å². The lowest BCUT2D eigenvalue weighted by Gasteiger charge is -2.30. The van der Waals surface area contributed by atoms with Crippen molar-refractivity contribution in [2.24, 2.45) is 5.92 Å². The molecule has 0 aliphatic carbocycles. The number of methoxy groups -OCH3 is 1. The molecule has 3 aromatic carbocycles. The molecule has 192 valence electrons. The molecule has 0 unspecified atom stereocenters. The van der Waals surface area contributed by atoms with Crippen LogP contribution in [0.3, 0.4) is 0 Å². The second-order valence-electron chi connectivity index (χ2n) is 9.11. The lowest BCUT2D eigenvalue weighted by atomic mass is 9.96. The summed E-state index contributed by atoms with van der Waals surface area (Å²) in [6, 6.07) is 22.2. The van der Waals surface area contributed by atoms with Crippen molar-refractivity contribution in [3.8, 4) is 17.2 Å². The van der Waals surface area contributed by atoms with Crippen LogP contribution in [0.25, 0.3) is 0 Å². The first-order chi connectivity index (χ1) is 17.1. The second kappa shape index (κ2) is 11.9. The van der Waals surface area contributed by atoms with Crippen molar-refractivity contribution in [1.82, 2.24) is 5.32 Å². The van der Waals surface area contributed by atoms with E-state index < -0.39 is 16.1 Å². The Bertz CT molecular complexity index is 1230. The molecule has 8 heteroatoms. The molecule has 1 amide bonds. The molecule has 0 spiro atoms. The normalized spacial score (nSPS) is 13.1. The van der Waals surface area contributed by atoms with Gasteiger partial charge < -0.3 is 14.8 Å². The molecular formula is C28H34N2O5S. The van der Waals surface area contributed by atoms with E-state index in [0.29, 0.717) is 29.5 Å². The van der Waals surface area contributed by atoms with Crippen LogP contribution in [0.15, 0.2) is 78.9 Å². The van der Waals surface area contributed by atoms with Crippen LogP contribution in [-0.2, 0) is 14.8 Å². The van der Waals surface area contributed by atoms with Crippen molar-refractivity contribution in [2.45, 2.75) is 39.3 Å². The summed E-state index contributed by atoms with van der Waals surface area (Å²) in [6.07, 6.45) is 1.80. The molecule has 2 atom stereocenters. The van der Waals surface area contributed by atoms with Crippen LogP contribution >= 0.6 is 0 Å². The van der Waals surface area contributed by atoms with Gasteiger partial charge >= 0.3 is 0 Å². The van der Waals surface area contributed by atoms with Crippen molar-refractivity contribution in [1.29, 1.82) is 0 Å². The maximum atomic E-state index is 13.3. The van der Waals surface area contributed by atoms with Crippen LogP contribution in [0.4, 0.5) is 5.69 Å². The number of rotatable bonds is 11. The second-order valence-corrected chi connectivity index (χ2v) is 11.0. The molecule has 1 N–H and O–H groups in total. The van der Waals surface area contributed by atoms with E-state index in [1.165, 1.54) is 0 Å². The number of para-hydroxylation sites is 1. The lowest BCUT2D eigenvalue weighted by Crippen LogP contribution is -2.48. The van der Waals surface area contributed by atoms with Crippen LogP contribution in [-0.4, -0.2) is 33.7 Å². The fourth-order valence-electron chi connectivity index (χ4n) is 3.97. The highest BCUT2D eigenvalue weighted by atomic mass is 32.2. The number of sulfonamides is 1. The van der Waals surface area contributed by atoms with Gasteiger partial charge in [-0.05, 0) is 73.4 Å². The maximum Gasteiger partial charge on any atom is 0.244 e. The van der Waals surface area contributed by atoms with Crippen LogP contribution in [0, 0.1) is 5.92 Å². The highest BCUT2D eigenvalue weighted by molar-refractivity contribution is 7.92. The predicted molar refractivity (Wildman–Crippen MR) is 143 cm³/mol. The molecule has 7 nitrogen and oxygen atoms in total. The van der Waals surface area contributed by atoms with Crippen LogP contribution in [0.5, 0.6) is 17.2 Å². The van der Waals surface area contributed by atoms with E-state index in [1.54, 1.807) is 38.3 Å². The third-order valence-corrected chi connectivity index (χ3v) is 6.94. The van der Waals surface area contributed by atoms with Crippen molar-refractivity contribution in [3.05, 3.63) is 84.4 Å². The Balaban J connectivity index is 1.81. The maximum absolute atomic E-state index is 13.3. The predicted octanol–water partition coefficient (Wildman–Crippen LogP) is 5.55. The molecule has 0 aliphatic heterocycles. The molecule has 36 heavy (non-hydrogen) atoms. The van der Waals surface area contributed by atoms with Crippen LogP contribution in [0.1, 0.15) is 38.8 Å². The van der Waals surface area contributed by atoms with E-state index in [1.807, 2.05) is 54.6 Å². The van der Waals surface area contributed by atoms with Crippen LogP contribution < -0.4 is 19.1 Å². The summed E-state index contributed by atoms with van der Waals surface area (Å²) in [6.45, 7) is 5.74. The van der Waals surface area contributed by atoms with Gasteiger partial charge in [-0.15, -0.1) is 0 Å². The largest absolute Gasteiger partial charge is 0.497 e. The van der Waals surface area contributed by atoms with E-state index >= 15 is 0 Å². The number of carbonyl (C=O) groups is 1. The number of anilines is 1. The highest BCUT2D eigenvalue weighted by Gasteiger charge is 2.30. The Kier molecular flexibility index (Phi) is 8.98. The van der Waals surface area contributed by atoms with E-state index in [4.69, 9.17) is 9.47 Å². The summed E-state index contributed by atoms with van der Waals surface area (Å²) in [4.78, 5) is 13.3. The Hall–Kier alpha value is -3.52. The first-order valence-corrected chi connectivity index (χ1v) is 13.7. The number of carbonyl (C=O) groups excluding carboxylic acids is 1. The number of nitrogens with one attached hydrogen (secondary N) is 1. The average molecular weight is 511 g/mol. The number of hydrogen-bond acceptors (Lipinski definition) is 5. The molecule has 0 fully saturated rings. The van der Waals surface area contributed by atoms with Gasteiger partial charge in [0.2, 0.25) is 15.9 Å². The Morgan fingerprint density at radius 2 is 1.42 bits per heavy atom. The average Bonchev–Trinajstić information content (AvgIpc) is 2.84. The number of nitrogens with zero attached hydrogens (tertiary/aromatic N) is 1. The molecule has 0 bridgehead atoms. The molecular weight excluding hydrogens is 476 g/mol. The molecule has 0 aromatic heterocycles. The minimum absolute atomic E-state index is 0.270. The van der Waals surface area contributed by atoms with Gasteiger partial charge in [-0.25, -0.2) is 8.42 Å². The molecule has 3 rings (SSSR count). The number of ether oxygens (including phenoxy) is 2. The first kappa shape index (κ1) is 27.1. The van der Waals surface area contributed by atoms with Gasteiger partial charge in [0, 0.05) is 0 Å². The van der Waals surface area contributed by atoms with Crippen molar-refractivity contribution in [2.75, 3.05) is 17.7 Å². The van der Waals surface area contributed by atoms with E-state index in [9.17, 15) is 13.2 Å². The zero-order valence-electron chi connectivity index (χ0n) is 21.3. The summed E-state index contributed by atoms with van der Waals surface area (Å²) in [5, 5.41) is 3.06. The highest BCUT2D eigenvalue weighted by Crippen LogP contribution is 2.28. The smallest absolute Gasteiger partial charge is 0.244 e. The van der Waals surface area contributed by atoms with Crippen LogP contribution in [0.2, 0.25) is 0 Å². The monoisotopic (exact) mass is 510 g/mol. The Morgan fingerprint density at radius 1 is 0.861 bits per heavy atom. The summed E-state index contributed by atoms with van der Waals surface area (Å²) >= 11 is 0. The van der Waals surface area contributed by atoms with Gasteiger partial charge in [-0.2, -0.15) is 0 Å². The molecule has 0 aliphatic rings. The summed E-state index contributed by atoms with van der Waals surface area (Å²) < 4.78 is 37.7. The topological polar surface area (TPSA) is 84.9 Å². The Labute approximate surface area is 214 Å². The van der Waals surface area contributed by atoms with Crippen molar-refractivity contribution in [3.63, 3.8) is 0 Å². The van der Waals surface area contributed by atoms with Crippen molar-refractivity contribution >= 4 is 21.6 Å². The third-order valence-electron chi connectivity index (χ3n) is 5.70. The standard InChI is InChI=1S/C28H34N2O5S/c1-20(2)19-27(22-11-15-24(34-4)16-12-22)29-28(31)21(3)30(36(5,32)33)23-13-17-26(18-14-23)35-25-9-7-6-8-10-25/h6-18,20-21,27H,19H2,1-5H3,(H,29,31)/t21-,27+/m1/s1. The third kappa shape index (κ3) is 7.24. The zero-order valence-corrected chi connectivity index (χ0v) is 22.2. The molecule has 3 aromatic rings. The molecule has 0 heterocycles. The summed E-state index contributed by atoms with van der Waals surface area (Å²) in [5.41, 5.74) is 1.31. The fourth-order valence-corrected chi connectivity index (χ4v) is 5.15. The van der Waals surface area contributed by atoms with Gasteiger partial charge in [0.1, 0.15) is 23.3 Å². The van der Waals surface area contributed by atoms with E-state index in [-0.39, 0.29) is 11.9 Å². The van der Waals surface area contributed by atoms with Gasteiger partial charge in [-0.1, -0.05) is 44.2 Å². The molecule has 0 radical (unpaired) electrons. The SMILES string of the molecule is COc1ccc([C@H](CC(C)C)NC(=O)[C@@H](C)N(c2ccc(Oc3ccccc3)cc2)S(C)(=O)=O)cc1. The minimum atomic E-state index is -3.75. The number of benzene rings is 3. The quantitative estimate of drug-likeness (QED) is 0.366. The molecule has 0 saturated heterocycles. The first-order valence-electron chi connectivity index (χ1n) is 11.8. The number of hydrogen-bond donors (Lipinski definition) is 1. The minimum Gasteiger partial charge on any atom is -0.497 e. The molecule has 0 saturated carbocycles. The fraction of sp³-hybridized carbons (Fsp3) is 0.321. The van der Waals surface area contributed by atoms with Gasteiger partial charge in [0.05, 0.1) is 25.1 Å².